The molecule has 0 amide bonds. The number of sulfonamides is 1. The Morgan fingerprint density at radius 1 is 1.44 bits per heavy atom. The van der Waals surface area contributed by atoms with Crippen molar-refractivity contribution in [2.75, 3.05) is 23.8 Å². The standard InChI is InChI=1S/C10H15BrN2O3S2/c1-2-17(14)6-5-13-18(15,16)10-7-8(12)3-4-9(10)11/h3-4,7,13H,2,5-6,12H2,1H3. The molecule has 1 aromatic rings. The molecule has 8 heteroatoms. The molecule has 5 nitrogen and oxygen atoms in total. The Balaban J connectivity index is 2.80. The van der Waals surface area contributed by atoms with Gasteiger partial charge in [0, 0.05) is 39.0 Å². The minimum Gasteiger partial charge on any atom is -0.399 e. The molecule has 18 heavy (non-hydrogen) atoms. The van der Waals surface area contributed by atoms with E-state index in [9.17, 15) is 12.6 Å². The Morgan fingerprint density at radius 3 is 2.72 bits per heavy atom. The number of nitrogen functional groups attached to an aromatic ring is 1. The van der Waals surface area contributed by atoms with E-state index in [0.29, 0.717) is 21.7 Å². The van der Waals surface area contributed by atoms with Crippen LogP contribution in [0.5, 0.6) is 0 Å². The number of rotatable bonds is 6. The molecule has 1 rings (SSSR count). The largest absolute Gasteiger partial charge is 0.399 e. The first kappa shape index (κ1) is 15.6. The van der Waals surface area contributed by atoms with E-state index in [0.717, 1.165) is 0 Å². The third kappa shape index (κ3) is 4.34. The molecule has 1 atom stereocenters. The first-order valence-corrected chi connectivity index (χ1v) is 9.03. The van der Waals surface area contributed by atoms with Crippen LogP contribution in [0.2, 0.25) is 0 Å². The lowest BCUT2D eigenvalue weighted by Gasteiger charge is -2.08. The van der Waals surface area contributed by atoms with E-state index in [2.05, 4.69) is 20.7 Å². The van der Waals surface area contributed by atoms with Crippen molar-refractivity contribution in [3.8, 4) is 0 Å². The molecule has 0 aliphatic heterocycles. The van der Waals surface area contributed by atoms with E-state index < -0.39 is 20.8 Å². The molecule has 0 aromatic heterocycles. The number of nitrogens with one attached hydrogen (secondary N) is 1. The van der Waals surface area contributed by atoms with E-state index in [1.807, 2.05) is 0 Å². The van der Waals surface area contributed by atoms with Gasteiger partial charge in [0.05, 0.1) is 4.90 Å². The summed E-state index contributed by atoms with van der Waals surface area (Å²) in [5.74, 6) is 0.819. The Kier molecular flexibility index (Phi) is 5.77. The molecule has 0 aliphatic carbocycles. The van der Waals surface area contributed by atoms with E-state index in [4.69, 9.17) is 5.73 Å². The van der Waals surface area contributed by atoms with Gasteiger partial charge in [-0.1, -0.05) is 6.92 Å². The summed E-state index contributed by atoms with van der Waals surface area (Å²) in [6.45, 7) is 1.93. The lowest BCUT2D eigenvalue weighted by molar-refractivity contribution is 0.583. The maximum Gasteiger partial charge on any atom is 0.241 e. The van der Waals surface area contributed by atoms with Crippen molar-refractivity contribution in [1.82, 2.24) is 4.72 Å². The number of nitrogens with two attached hydrogens (primary N) is 1. The number of benzene rings is 1. The fourth-order valence-electron chi connectivity index (χ4n) is 1.24. The SMILES string of the molecule is CCS(=O)CCNS(=O)(=O)c1cc(N)ccc1Br. The van der Waals surface area contributed by atoms with Gasteiger partial charge in [0.2, 0.25) is 10.0 Å². The van der Waals surface area contributed by atoms with E-state index in [-0.39, 0.29) is 11.4 Å². The van der Waals surface area contributed by atoms with Gasteiger partial charge in [0.25, 0.3) is 0 Å². The second-order valence-electron chi connectivity index (χ2n) is 3.52. The summed E-state index contributed by atoms with van der Waals surface area (Å²) in [5.41, 5.74) is 5.93. The van der Waals surface area contributed by atoms with E-state index >= 15 is 0 Å². The van der Waals surface area contributed by atoms with Crippen LogP contribution in [0.4, 0.5) is 5.69 Å². The topological polar surface area (TPSA) is 89.3 Å². The van der Waals surface area contributed by atoms with Gasteiger partial charge in [-0.3, -0.25) is 4.21 Å². The Morgan fingerprint density at radius 2 is 2.11 bits per heavy atom. The van der Waals surface area contributed by atoms with Crippen LogP contribution in [0.3, 0.4) is 0 Å². The lowest BCUT2D eigenvalue weighted by atomic mass is 10.3. The van der Waals surface area contributed by atoms with Crippen LogP contribution in [0.25, 0.3) is 0 Å². The molecule has 1 unspecified atom stereocenters. The zero-order valence-corrected chi connectivity index (χ0v) is 13.1. The summed E-state index contributed by atoms with van der Waals surface area (Å²) in [7, 11) is -4.62. The molecule has 1 aromatic carbocycles. The molecule has 0 spiro atoms. The van der Waals surface area contributed by atoms with E-state index in [1.165, 1.54) is 6.07 Å². The van der Waals surface area contributed by atoms with Crippen molar-refractivity contribution in [3.63, 3.8) is 0 Å². The number of hydrogen-bond donors (Lipinski definition) is 2. The molecule has 3 N–H and O–H groups in total. The summed E-state index contributed by atoms with van der Waals surface area (Å²) in [4.78, 5) is 0.0878. The normalized spacial score (nSPS) is 13.4. The zero-order valence-electron chi connectivity index (χ0n) is 9.85. The highest BCUT2D eigenvalue weighted by Crippen LogP contribution is 2.23. The quantitative estimate of drug-likeness (QED) is 0.748. The third-order valence-corrected chi connectivity index (χ3v) is 5.95. The lowest BCUT2D eigenvalue weighted by Crippen LogP contribution is -2.28. The number of hydrogen-bond acceptors (Lipinski definition) is 4. The maximum absolute atomic E-state index is 12.0. The molecule has 0 saturated heterocycles. The fraction of sp³-hybridized carbons (Fsp3) is 0.400. The van der Waals surface area contributed by atoms with E-state index in [1.54, 1.807) is 19.1 Å². The van der Waals surface area contributed by atoms with Crippen LogP contribution < -0.4 is 10.5 Å². The Labute approximate surface area is 118 Å². The Hall–Kier alpha value is -0.440. The second kappa shape index (κ2) is 6.65. The fourth-order valence-corrected chi connectivity index (χ4v) is 4.01. The van der Waals surface area contributed by atoms with Gasteiger partial charge in [0.15, 0.2) is 0 Å². The summed E-state index contributed by atoms with van der Waals surface area (Å²) >= 11 is 3.17. The first-order chi connectivity index (χ1) is 8.36. The van der Waals surface area contributed by atoms with Gasteiger partial charge in [0.1, 0.15) is 0 Å². The second-order valence-corrected chi connectivity index (χ2v) is 7.98. The van der Waals surface area contributed by atoms with Crippen molar-refractivity contribution in [1.29, 1.82) is 0 Å². The molecular formula is C10H15BrN2O3S2. The number of anilines is 1. The summed E-state index contributed by atoms with van der Waals surface area (Å²) in [6, 6.07) is 4.56. The maximum atomic E-state index is 12.0. The van der Waals surface area contributed by atoms with Gasteiger partial charge in [-0.05, 0) is 34.1 Å². The molecular weight excluding hydrogens is 340 g/mol. The van der Waals surface area contributed by atoms with Crippen LogP contribution in [-0.2, 0) is 20.8 Å². The summed E-state index contributed by atoms with van der Waals surface area (Å²) in [5, 5.41) is 0. The van der Waals surface area contributed by atoms with Crippen LogP contribution in [0.15, 0.2) is 27.6 Å². The molecule has 0 fully saturated rings. The van der Waals surface area contributed by atoms with Crippen LogP contribution in [0.1, 0.15) is 6.92 Å². The van der Waals surface area contributed by atoms with Gasteiger partial charge < -0.3 is 5.73 Å². The highest BCUT2D eigenvalue weighted by Gasteiger charge is 2.17. The minimum atomic E-state index is -3.63. The van der Waals surface area contributed by atoms with Crippen LogP contribution in [-0.4, -0.2) is 30.7 Å². The minimum absolute atomic E-state index is 0.0878. The predicted molar refractivity (Wildman–Crippen MR) is 77.3 cm³/mol. The van der Waals surface area contributed by atoms with Crippen molar-refractivity contribution in [2.45, 2.75) is 11.8 Å². The Bertz CT molecular complexity index is 546. The molecule has 0 bridgehead atoms. The highest BCUT2D eigenvalue weighted by atomic mass is 79.9. The average molecular weight is 355 g/mol. The van der Waals surface area contributed by atoms with Crippen molar-refractivity contribution in [3.05, 3.63) is 22.7 Å². The molecule has 102 valence electrons. The molecule has 0 heterocycles. The summed E-state index contributed by atoms with van der Waals surface area (Å²) in [6.07, 6.45) is 0. The summed E-state index contributed by atoms with van der Waals surface area (Å²) < 4.78 is 38.0. The van der Waals surface area contributed by atoms with Gasteiger partial charge >= 0.3 is 0 Å². The zero-order chi connectivity index (χ0) is 13.8. The monoisotopic (exact) mass is 354 g/mol. The van der Waals surface area contributed by atoms with Gasteiger partial charge in [-0.2, -0.15) is 0 Å². The first-order valence-electron chi connectivity index (χ1n) is 5.26. The highest BCUT2D eigenvalue weighted by molar-refractivity contribution is 9.10. The third-order valence-electron chi connectivity index (χ3n) is 2.19. The molecule has 0 saturated carbocycles. The average Bonchev–Trinajstić information content (AvgIpc) is 2.31. The number of halogens is 1. The van der Waals surface area contributed by atoms with Gasteiger partial charge in [-0.15, -0.1) is 0 Å². The van der Waals surface area contributed by atoms with Crippen molar-refractivity contribution >= 4 is 42.4 Å². The van der Waals surface area contributed by atoms with Gasteiger partial charge in [-0.25, -0.2) is 13.1 Å². The van der Waals surface area contributed by atoms with Crippen LogP contribution >= 0.6 is 15.9 Å². The molecule has 0 radical (unpaired) electrons. The predicted octanol–water partition coefficient (Wildman–Crippen LogP) is 1.08. The van der Waals surface area contributed by atoms with Crippen molar-refractivity contribution in [2.24, 2.45) is 0 Å². The molecule has 0 aliphatic rings. The van der Waals surface area contributed by atoms with Crippen molar-refractivity contribution < 1.29 is 12.6 Å². The van der Waals surface area contributed by atoms with Crippen LogP contribution in [0, 0.1) is 0 Å². The smallest absolute Gasteiger partial charge is 0.241 e.